The third-order valence-corrected chi connectivity index (χ3v) is 24.5. The molecular weight excluding hydrogens is 1700 g/mol. The predicted molar refractivity (Wildman–Crippen MR) is 485 cm³/mol. The Morgan fingerprint density at radius 2 is 1.04 bits per heavy atom. The van der Waals surface area contributed by atoms with Crippen molar-refractivity contribution in [2.45, 2.75) is 172 Å². The van der Waals surface area contributed by atoms with Gasteiger partial charge in [0.2, 0.25) is 88.6 Å². The standard InChI is InChI=1S/C93H115N15O19S2/c1-11-12-26-73-91(125)105(7)49-79(113)97-69(46-81(115)116)87(121)103-82(54(4)5)93(127)107(9)74(42-56-22-17-14-18-23-56)88(122)101-70(41-58-29-34-64(110)35-30-58)89(123)104(6)48-78(112)96-68-44-62-50-129-76-45-61(31-36-65(62)76)60-25-19-24-59(38-60)43-75(92(126)106(73)8)108(10)90(124)71(40-55-20-15-13-16-21-55)98-80(114)52-128-51-72(83(117)95-47-77(94)111)102-84(118)66(37-53(2)3)99-85(119)67(100-86(68)120)39-57-27-32-63(109)33-28-57/h13-25,27-36,38,45,50,53-54,66-75,82,109-110H,11-12,26,37,39-44,46-49,51-52H2,1-10H3,(H2,94,111)(H,95,117)(H,96,112)(H,97,113)(H,98,114)(H,99,119)(H,100,120)(H,101,122)(H,102,118)(H,103,121)(H,115,116)/t66-,67-,68?,69-,70-,71-,72-,73-,74-,75-,82-/m0/s1. The van der Waals surface area contributed by atoms with Gasteiger partial charge in [-0.15, -0.1) is 23.1 Å². The van der Waals surface area contributed by atoms with Gasteiger partial charge in [0.25, 0.3) is 0 Å². The van der Waals surface area contributed by atoms with Crippen LogP contribution in [0.3, 0.4) is 0 Å². The van der Waals surface area contributed by atoms with Gasteiger partial charge in [-0.1, -0.05) is 169 Å². The molecule has 5 heterocycles. The number of benzene rings is 6. The van der Waals surface area contributed by atoms with Crippen molar-refractivity contribution in [3.63, 3.8) is 0 Å². The molecule has 7 aromatic rings. The van der Waals surface area contributed by atoms with Gasteiger partial charge in [0, 0.05) is 84.2 Å². The SMILES string of the molecule is CCCC[C@H]1C(=O)N(C)CC(=O)N[C@@H](CC(=O)O)C(=O)N[C@@H](C(C)C)C(=O)N(C)[C@@H](Cc2ccccc2)C(=O)N[C@@H](Cc2ccc(O)cc2)C(=O)N(C)CC(=O)NC2Cc3csc4cc(ccc34)-c3cccc(c3)C[C@@H](C(=O)N1C)N(C)C(=O)[C@H](Cc1ccccc1)NC(=O)CSC[C@@H](C(=O)NCC(N)=O)NC(=O)[C@H](CC(C)C)NC(=O)[C@H](Cc1ccc(O)cc1)NC2=O. The predicted octanol–water partition coefficient (Wildman–Crippen LogP) is 3.04. The second-order valence-corrected chi connectivity index (χ2v) is 35.3. The number of phenolic OH excluding ortho intramolecular Hbond substituents is 2. The summed E-state index contributed by atoms with van der Waals surface area (Å²) in [7, 11) is 6.57. The first-order valence-corrected chi connectivity index (χ1v) is 44.7. The van der Waals surface area contributed by atoms with Crippen molar-refractivity contribution in [1.29, 1.82) is 0 Å². The first-order valence-electron chi connectivity index (χ1n) is 42.6. The number of nitrogens with one attached hydrogen (secondary N) is 9. The maximum atomic E-state index is 16.0. The zero-order valence-corrected chi connectivity index (χ0v) is 75.5. The number of phenols is 2. The first kappa shape index (κ1) is 99.5. The summed E-state index contributed by atoms with van der Waals surface area (Å²) in [4.78, 5) is 242. The number of thioether (sulfide) groups is 1. The lowest BCUT2D eigenvalue weighted by molar-refractivity contribution is -0.151. The summed E-state index contributed by atoms with van der Waals surface area (Å²) in [6, 6.07) is 24.1. The molecule has 1 unspecified atom stereocenters. The van der Waals surface area contributed by atoms with E-state index in [2.05, 4.69) is 47.9 Å². The smallest absolute Gasteiger partial charge is 0.305 e. The molecule has 688 valence electrons. The number of nitrogens with zero attached hydrogens (tertiary/aromatic N) is 5. The van der Waals surface area contributed by atoms with Crippen molar-refractivity contribution < 1.29 is 92.0 Å². The molecular formula is C93H115N15O19S2. The van der Waals surface area contributed by atoms with Crippen LogP contribution >= 0.6 is 23.1 Å². The van der Waals surface area contributed by atoms with Crippen molar-refractivity contribution >= 4 is 128 Å². The van der Waals surface area contributed by atoms with E-state index in [-0.39, 0.29) is 74.5 Å². The van der Waals surface area contributed by atoms with Crippen LogP contribution in [0.2, 0.25) is 0 Å². The molecule has 0 aliphatic carbocycles. The lowest BCUT2D eigenvalue weighted by atomic mass is 9.96. The Morgan fingerprint density at radius 3 is 1.64 bits per heavy atom. The number of carbonyl (C=O) groups is 16. The highest BCUT2D eigenvalue weighted by Crippen LogP contribution is 2.33. The second-order valence-electron chi connectivity index (χ2n) is 33.4. The summed E-state index contributed by atoms with van der Waals surface area (Å²) < 4.78 is 0.676. The maximum absolute atomic E-state index is 16.0. The summed E-state index contributed by atoms with van der Waals surface area (Å²) >= 11 is 2.12. The van der Waals surface area contributed by atoms with Crippen LogP contribution in [0.25, 0.3) is 21.2 Å². The Morgan fingerprint density at radius 1 is 0.504 bits per heavy atom. The Balaban J connectivity index is 1.23. The number of thiophene rings is 1. The van der Waals surface area contributed by atoms with Crippen LogP contribution in [0.4, 0.5) is 0 Å². The quantitative estimate of drug-likeness (QED) is 0.0517. The molecule has 6 aromatic carbocycles. The average Bonchev–Trinajstić information content (AvgIpc) is 1.78. The summed E-state index contributed by atoms with van der Waals surface area (Å²) in [6.45, 7) is 6.18. The Hall–Kier alpha value is -13.3. The maximum Gasteiger partial charge on any atom is 0.305 e. The van der Waals surface area contributed by atoms with E-state index in [1.807, 2.05) is 31.2 Å². The minimum Gasteiger partial charge on any atom is -0.508 e. The van der Waals surface area contributed by atoms with Gasteiger partial charge < -0.3 is 93.4 Å². The molecule has 129 heavy (non-hydrogen) atoms. The van der Waals surface area contributed by atoms with Crippen LogP contribution in [-0.2, 0) is 115 Å². The number of amides is 15. The summed E-state index contributed by atoms with van der Waals surface area (Å²) in [5.74, 6) is -17.4. The van der Waals surface area contributed by atoms with Gasteiger partial charge in [0.05, 0.1) is 31.8 Å². The molecule has 0 saturated heterocycles. The van der Waals surface area contributed by atoms with Crippen molar-refractivity contribution in [3.05, 3.63) is 190 Å². The van der Waals surface area contributed by atoms with Crippen molar-refractivity contribution in [2.75, 3.05) is 66.4 Å². The minimum absolute atomic E-state index is 0.00493. The summed E-state index contributed by atoms with van der Waals surface area (Å²) in [5.41, 5.74) is 9.66. The number of aromatic hydroxyl groups is 2. The number of likely N-dealkylation sites (N-methyl/N-ethyl adjacent to an activating group) is 5. The molecule has 36 heteroatoms. The average molecular weight is 1810 g/mol. The fourth-order valence-corrected chi connectivity index (χ4v) is 17.2. The number of hydrogen-bond acceptors (Lipinski definition) is 20. The number of carboxylic acid groups (broad SMARTS) is 1. The van der Waals surface area contributed by atoms with E-state index in [4.69, 9.17) is 5.73 Å². The third-order valence-electron chi connectivity index (χ3n) is 22.5. The molecule has 4 aliphatic heterocycles. The largest absolute Gasteiger partial charge is 0.508 e. The molecule has 1 aromatic heterocycles. The molecule has 0 radical (unpaired) electrons. The van der Waals surface area contributed by atoms with Gasteiger partial charge >= 0.3 is 5.97 Å². The molecule has 0 fully saturated rings. The van der Waals surface area contributed by atoms with E-state index in [0.29, 0.717) is 67.4 Å². The zero-order chi connectivity index (χ0) is 94.0. The monoisotopic (exact) mass is 1810 g/mol. The van der Waals surface area contributed by atoms with E-state index in [1.165, 1.54) is 105 Å². The molecule has 11 atom stereocenters. The number of hydrogen-bond donors (Lipinski definition) is 13. The summed E-state index contributed by atoms with van der Waals surface area (Å²) in [6.07, 6.45) is -1.73. The van der Waals surface area contributed by atoms with Gasteiger partial charge in [0.1, 0.15) is 78.0 Å². The molecule has 14 N–H and O–H groups in total. The molecule has 11 rings (SSSR count). The van der Waals surface area contributed by atoms with E-state index < -0.39 is 199 Å². The Labute approximate surface area is 756 Å². The van der Waals surface area contributed by atoms with Crippen LogP contribution in [0, 0.1) is 11.8 Å². The highest BCUT2D eigenvalue weighted by molar-refractivity contribution is 8.00. The second kappa shape index (κ2) is 47.0. The number of rotatable bonds is 19. The number of aliphatic carboxylic acids is 1. The summed E-state index contributed by atoms with van der Waals surface area (Å²) in [5, 5.41) is 57.6. The van der Waals surface area contributed by atoms with E-state index >= 15 is 43.2 Å². The molecule has 34 nitrogen and oxygen atoms in total. The normalized spacial score (nSPS) is 22.2. The highest BCUT2D eigenvalue weighted by atomic mass is 32.2. The van der Waals surface area contributed by atoms with E-state index in [1.54, 1.807) is 112 Å². The first-order chi connectivity index (χ1) is 61.3. The van der Waals surface area contributed by atoms with E-state index in [0.717, 1.165) is 26.5 Å². The van der Waals surface area contributed by atoms with Crippen LogP contribution in [-0.4, -0.2) is 267 Å². The van der Waals surface area contributed by atoms with Gasteiger partial charge in [-0.05, 0) is 110 Å². The molecule has 0 saturated carbocycles. The van der Waals surface area contributed by atoms with Crippen LogP contribution in [0.5, 0.6) is 11.5 Å². The molecule has 8 bridgehead atoms. The molecule has 0 spiro atoms. The Kier molecular flexibility index (Phi) is 36.3. The lowest BCUT2D eigenvalue weighted by Crippen LogP contribution is -2.61. The topological polar surface area (TPSA) is 484 Å². The van der Waals surface area contributed by atoms with Crippen molar-refractivity contribution in [3.8, 4) is 22.6 Å². The van der Waals surface area contributed by atoms with Crippen molar-refractivity contribution in [2.24, 2.45) is 17.6 Å². The number of carboxylic acids is 1. The number of nitrogens with two attached hydrogens (primary N) is 1. The van der Waals surface area contributed by atoms with Gasteiger partial charge in [-0.2, -0.15) is 0 Å². The number of unbranched alkanes of at least 4 members (excludes halogenated alkanes) is 1. The van der Waals surface area contributed by atoms with Crippen LogP contribution in [0.1, 0.15) is 100 Å². The third kappa shape index (κ3) is 28.6. The number of primary amides is 1. The van der Waals surface area contributed by atoms with Gasteiger partial charge in [0.15, 0.2) is 0 Å². The minimum atomic E-state index is -1.91. The van der Waals surface area contributed by atoms with Gasteiger partial charge in [-0.3, -0.25) is 76.7 Å². The lowest BCUT2D eigenvalue weighted by Gasteiger charge is -2.37. The molecule has 15 amide bonds. The highest BCUT2D eigenvalue weighted by Gasteiger charge is 2.42. The van der Waals surface area contributed by atoms with Crippen LogP contribution < -0.4 is 53.6 Å². The number of carbonyl (C=O) groups excluding carboxylic acids is 15. The van der Waals surface area contributed by atoms with Crippen molar-refractivity contribution in [1.82, 2.24) is 72.4 Å². The van der Waals surface area contributed by atoms with Crippen LogP contribution in [0.15, 0.2) is 157 Å². The fourth-order valence-electron chi connectivity index (χ4n) is 15.3. The van der Waals surface area contributed by atoms with Gasteiger partial charge in [-0.25, -0.2) is 0 Å². The zero-order valence-electron chi connectivity index (χ0n) is 73.8. The number of fused-ring (bicyclic) bond motifs is 38. The van der Waals surface area contributed by atoms with E-state index in [9.17, 15) is 48.9 Å². The fraction of sp³-hybridized carbons (Fsp3) is 0.419. The molecule has 4 aliphatic rings. The Bertz CT molecular complexity index is 5200.